The molecule has 0 radical (unpaired) electrons. The molecule has 0 aliphatic rings. The molecule has 1 amide bonds. The first-order chi connectivity index (χ1) is 13.5. The van der Waals surface area contributed by atoms with E-state index in [0.29, 0.717) is 34.4 Å². The Balaban J connectivity index is 1.77. The van der Waals surface area contributed by atoms with Crippen LogP contribution in [0.15, 0.2) is 45.7 Å². The summed E-state index contributed by atoms with van der Waals surface area (Å²) in [5.74, 6) is 0.351. The van der Waals surface area contributed by atoms with Crippen molar-refractivity contribution in [2.75, 3.05) is 24.8 Å². The van der Waals surface area contributed by atoms with Gasteiger partial charge in [-0.25, -0.2) is 4.98 Å². The van der Waals surface area contributed by atoms with Gasteiger partial charge in [-0.1, -0.05) is 43.8 Å². The van der Waals surface area contributed by atoms with Gasteiger partial charge in [0.15, 0.2) is 5.16 Å². The van der Waals surface area contributed by atoms with Crippen LogP contribution in [0.3, 0.4) is 0 Å². The van der Waals surface area contributed by atoms with Crippen LogP contribution in [0.4, 0.5) is 5.69 Å². The number of rotatable bonds is 8. The SMILES string of the molecule is COCCn1c(SCC(=O)Nc2ccccc2C(C)C)nc2ccsc2c1=O. The average molecular weight is 418 g/mol. The Hall–Kier alpha value is -2.16. The van der Waals surface area contributed by atoms with E-state index in [1.165, 1.54) is 23.1 Å². The first-order valence-electron chi connectivity index (χ1n) is 8.99. The average Bonchev–Trinajstić information content (AvgIpc) is 3.15. The number of carbonyl (C=O) groups excluding carboxylic acids is 1. The zero-order valence-electron chi connectivity index (χ0n) is 16.1. The Bertz CT molecular complexity index is 1030. The number of fused-ring (bicyclic) bond motifs is 1. The summed E-state index contributed by atoms with van der Waals surface area (Å²) in [5, 5.41) is 5.35. The van der Waals surface area contributed by atoms with Crippen molar-refractivity contribution in [3.8, 4) is 0 Å². The van der Waals surface area contributed by atoms with Gasteiger partial charge >= 0.3 is 0 Å². The van der Waals surface area contributed by atoms with Gasteiger partial charge < -0.3 is 10.1 Å². The molecule has 0 aliphatic carbocycles. The van der Waals surface area contributed by atoms with E-state index < -0.39 is 0 Å². The van der Waals surface area contributed by atoms with Crippen molar-refractivity contribution in [2.45, 2.75) is 31.5 Å². The molecular formula is C20H23N3O3S2. The molecule has 8 heteroatoms. The van der Waals surface area contributed by atoms with Crippen LogP contribution in [0.2, 0.25) is 0 Å². The monoisotopic (exact) mass is 417 g/mol. The van der Waals surface area contributed by atoms with Crippen LogP contribution in [0, 0.1) is 0 Å². The highest BCUT2D eigenvalue weighted by Gasteiger charge is 2.15. The van der Waals surface area contributed by atoms with Gasteiger partial charge in [0, 0.05) is 12.8 Å². The Morgan fingerprint density at radius 3 is 2.86 bits per heavy atom. The molecule has 28 heavy (non-hydrogen) atoms. The van der Waals surface area contributed by atoms with Crippen molar-refractivity contribution in [1.82, 2.24) is 9.55 Å². The zero-order valence-corrected chi connectivity index (χ0v) is 17.7. The van der Waals surface area contributed by atoms with E-state index in [9.17, 15) is 9.59 Å². The molecule has 2 aromatic heterocycles. The second-order valence-electron chi connectivity index (χ2n) is 6.56. The number of carbonyl (C=O) groups is 1. The van der Waals surface area contributed by atoms with E-state index in [1.807, 2.05) is 35.7 Å². The number of methoxy groups -OCH3 is 1. The maximum absolute atomic E-state index is 12.7. The topological polar surface area (TPSA) is 73.2 Å². The minimum Gasteiger partial charge on any atom is -0.383 e. The van der Waals surface area contributed by atoms with Crippen molar-refractivity contribution in [1.29, 1.82) is 0 Å². The van der Waals surface area contributed by atoms with Crippen LogP contribution >= 0.6 is 23.1 Å². The van der Waals surface area contributed by atoms with E-state index in [1.54, 1.807) is 11.7 Å². The summed E-state index contributed by atoms with van der Waals surface area (Å²) in [6.07, 6.45) is 0. The molecule has 0 saturated carbocycles. The van der Waals surface area contributed by atoms with Crippen LogP contribution in [0.25, 0.3) is 10.2 Å². The van der Waals surface area contributed by atoms with E-state index in [-0.39, 0.29) is 17.2 Å². The molecule has 3 aromatic rings. The molecule has 0 saturated heterocycles. The summed E-state index contributed by atoms with van der Waals surface area (Å²) in [6, 6.07) is 9.62. The fraction of sp³-hybridized carbons (Fsp3) is 0.350. The number of nitrogens with zero attached hydrogens (tertiary/aromatic N) is 2. The molecule has 0 aliphatic heterocycles. The molecule has 0 spiro atoms. The molecule has 0 fully saturated rings. The molecule has 148 valence electrons. The van der Waals surface area contributed by atoms with E-state index >= 15 is 0 Å². The third-order valence-electron chi connectivity index (χ3n) is 4.24. The third kappa shape index (κ3) is 4.63. The molecule has 1 N–H and O–H groups in total. The minimum atomic E-state index is -0.129. The Morgan fingerprint density at radius 1 is 1.32 bits per heavy atom. The lowest BCUT2D eigenvalue weighted by molar-refractivity contribution is -0.113. The fourth-order valence-corrected chi connectivity index (χ4v) is 4.45. The van der Waals surface area contributed by atoms with Crippen molar-refractivity contribution in [3.63, 3.8) is 0 Å². The molecule has 0 atom stereocenters. The highest BCUT2D eigenvalue weighted by molar-refractivity contribution is 7.99. The van der Waals surface area contributed by atoms with Crippen LogP contribution in [0.1, 0.15) is 25.3 Å². The molecule has 2 heterocycles. The van der Waals surface area contributed by atoms with Crippen molar-refractivity contribution in [2.24, 2.45) is 0 Å². The van der Waals surface area contributed by atoms with E-state index in [2.05, 4.69) is 24.1 Å². The highest BCUT2D eigenvalue weighted by Crippen LogP contribution is 2.25. The van der Waals surface area contributed by atoms with Gasteiger partial charge in [-0.3, -0.25) is 14.2 Å². The van der Waals surface area contributed by atoms with Gasteiger partial charge in [-0.05, 0) is 29.0 Å². The molecule has 6 nitrogen and oxygen atoms in total. The lowest BCUT2D eigenvalue weighted by Gasteiger charge is -2.14. The number of anilines is 1. The number of amides is 1. The van der Waals surface area contributed by atoms with Crippen LogP contribution in [0.5, 0.6) is 0 Å². The minimum absolute atomic E-state index is 0.0925. The predicted octanol–water partition coefficient (Wildman–Crippen LogP) is 3.96. The summed E-state index contributed by atoms with van der Waals surface area (Å²) in [5.41, 5.74) is 2.48. The van der Waals surface area contributed by atoms with Crippen molar-refractivity contribution >= 4 is 44.9 Å². The lowest BCUT2D eigenvalue weighted by Crippen LogP contribution is -2.25. The van der Waals surface area contributed by atoms with Crippen molar-refractivity contribution < 1.29 is 9.53 Å². The number of hydrogen-bond acceptors (Lipinski definition) is 6. The van der Waals surface area contributed by atoms with Crippen LogP contribution in [-0.2, 0) is 16.1 Å². The van der Waals surface area contributed by atoms with Gasteiger partial charge in [-0.2, -0.15) is 0 Å². The highest BCUT2D eigenvalue weighted by atomic mass is 32.2. The van der Waals surface area contributed by atoms with E-state index in [4.69, 9.17) is 4.74 Å². The maximum Gasteiger partial charge on any atom is 0.272 e. The largest absolute Gasteiger partial charge is 0.383 e. The summed E-state index contributed by atoms with van der Waals surface area (Å²) in [4.78, 5) is 29.8. The number of thiophene rings is 1. The quantitative estimate of drug-likeness (QED) is 0.444. The number of para-hydroxylation sites is 1. The summed E-state index contributed by atoms with van der Waals surface area (Å²) in [6.45, 7) is 4.98. The lowest BCUT2D eigenvalue weighted by atomic mass is 10.0. The smallest absolute Gasteiger partial charge is 0.272 e. The number of aromatic nitrogens is 2. The standard InChI is InChI=1S/C20H23N3O3S2/c1-13(2)14-6-4-5-7-15(14)21-17(24)12-28-20-22-16-8-11-27-18(16)19(25)23(20)9-10-26-3/h4-8,11,13H,9-10,12H2,1-3H3,(H,21,24). The number of benzene rings is 1. The summed E-state index contributed by atoms with van der Waals surface area (Å²) in [7, 11) is 1.59. The van der Waals surface area contributed by atoms with Gasteiger partial charge in [0.1, 0.15) is 4.70 Å². The summed E-state index contributed by atoms with van der Waals surface area (Å²) >= 11 is 2.64. The van der Waals surface area contributed by atoms with Gasteiger partial charge in [0.05, 0.1) is 24.4 Å². The molecular weight excluding hydrogens is 394 g/mol. The van der Waals surface area contributed by atoms with Crippen LogP contribution in [-0.4, -0.2) is 34.9 Å². The normalized spacial score (nSPS) is 11.3. The Kier molecular flexibility index (Phi) is 6.88. The fourth-order valence-electron chi connectivity index (χ4n) is 2.84. The zero-order chi connectivity index (χ0) is 20.1. The van der Waals surface area contributed by atoms with E-state index in [0.717, 1.165) is 11.3 Å². The second-order valence-corrected chi connectivity index (χ2v) is 8.42. The molecule has 1 aromatic carbocycles. The molecule has 0 unspecified atom stereocenters. The Morgan fingerprint density at radius 2 is 2.11 bits per heavy atom. The second kappa shape index (κ2) is 9.36. The molecule has 0 bridgehead atoms. The van der Waals surface area contributed by atoms with Crippen molar-refractivity contribution in [3.05, 3.63) is 51.6 Å². The number of nitrogens with one attached hydrogen (secondary N) is 1. The van der Waals surface area contributed by atoms with Gasteiger partial charge in [-0.15, -0.1) is 11.3 Å². The summed E-state index contributed by atoms with van der Waals surface area (Å²) < 4.78 is 7.32. The maximum atomic E-state index is 12.7. The van der Waals surface area contributed by atoms with Gasteiger partial charge in [0.25, 0.3) is 5.56 Å². The third-order valence-corrected chi connectivity index (χ3v) is 6.11. The van der Waals surface area contributed by atoms with Gasteiger partial charge in [0.2, 0.25) is 5.91 Å². The van der Waals surface area contributed by atoms with Crippen LogP contribution < -0.4 is 10.9 Å². The molecule has 3 rings (SSSR count). The first-order valence-corrected chi connectivity index (χ1v) is 10.9. The predicted molar refractivity (Wildman–Crippen MR) is 116 cm³/mol. The Labute approximate surface area is 171 Å². The number of ether oxygens (including phenoxy) is 1. The first kappa shape index (κ1) is 20.6. The number of hydrogen-bond donors (Lipinski definition) is 1. The number of thioether (sulfide) groups is 1.